The maximum absolute atomic E-state index is 12.5. The van der Waals surface area contributed by atoms with Gasteiger partial charge >= 0.3 is 5.97 Å². The van der Waals surface area contributed by atoms with Crippen molar-refractivity contribution in [1.29, 1.82) is 0 Å². The maximum Gasteiger partial charge on any atom is 0.323 e. The largest absolute Gasteiger partial charge is 0.480 e. The second-order valence-electron chi connectivity index (χ2n) is 6.63. The minimum Gasteiger partial charge on any atom is -0.480 e. The minimum atomic E-state index is -1.01. The van der Waals surface area contributed by atoms with E-state index in [9.17, 15) is 14.4 Å². The van der Waals surface area contributed by atoms with Gasteiger partial charge < -0.3 is 14.9 Å². The standard InChI is InChI=1S/C19H25ClN2O4/c1-14(23)22(13-19(25)26)17-3-2-11-21(12-10-17)18(24)9-6-15-4-7-16(20)8-5-15/h4-5,7-8,17H,2-3,6,9-13H2,1H3,(H,25,26). The number of carbonyl (C=O) groups excluding carboxylic acids is 2. The predicted octanol–water partition coefficient (Wildman–Crippen LogP) is 2.59. The molecule has 0 saturated carbocycles. The van der Waals surface area contributed by atoms with Gasteiger partial charge in [-0.3, -0.25) is 14.4 Å². The van der Waals surface area contributed by atoms with Crippen LogP contribution in [-0.2, 0) is 20.8 Å². The molecule has 142 valence electrons. The number of rotatable bonds is 6. The molecule has 0 aromatic heterocycles. The molecule has 0 spiro atoms. The highest BCUT2D eigenvalue weighted by atomic mass is 35.5. The fourth-order valence-corrected chi connectivity index (χ4v) is 3.47. The summed E-state index contributed by atoms with van der Waals surface area (Å²) in [6.07, 6.45) is 3.18. The number of amides is 2. The van der Waals surface area contributed by atoms with Crippen molar-refractivity contribution in [2.45, 2.75) is 45.1 Å². The second-order valence-corrected chi connectivity index (χ2v) is 7.07. The lowest BCUT2D eigenvalue weighted by atomic mass is 10.1. The van der Waals surface area contributed by atoms with Crippen LogP contribution in [-0.4, -0.2) is 58.4 Å². The van der Waals surface area contributed by atoms with Crippen molar-refractivity contribution in [1.82, 2.24) is 9.80 Å². The Bertz CT molecular complexity index is 647. The molecule has 0 bridgehead atoms. The summed E-state index contributed by atoms with van der Waals surface area (Å²) in [5, 5.41) is 9.68. The molecule has 2 amide bonds. The van der Waals surface area contributed by atoms with Crippen molar-refractivity contribution >= 4 is 29.4 Å². The zero-order valence-electron chi connectivity index (χ0n) is 15.0. The molecule has 6 nitrogen and oxygen atoms in total. The van der Waals surface area contributed by atoms with E-state index in [1.165, 1.54) is 11.8 Å². The van der Waals surface area contributed by atoms with E-state index < -0.39 is 5.97 Å². The Morgan fingerprint density at radius 1 is 1.19 bits per heavy atom. The van der Waals surface area contributed by atoms with Crippen molar-refractivity contribution in [2.75, 3.05) is 19.6 Å². The topological polar surface area (TPSA) is 77.9 Å². The van der Waals surface area contributed by atoms with E-state index in [4.69, 9.17) is 16.7 Å². The fraction of sp³-hybridized carbons (Fsp3) is 0.526. The Labute approximate surface area is 158 Å². The van der Waals surface area contributed by atoms with E-state index in [0.29, 0.717) is 43.8 Å². The monoisotopic (exact) mass is 380 g/mol. The van der Waals surface area contributed by atoms with Gasteiger partial charge in [0.2, 0.25) is 11.8 Å². The number of likely N-dealkylation sites (tertiary alicyclic amines) is 1. The van der Waals surface area contributed by atoms with Crippen LogP contribution in [0.25, 0.3) is 0 Å². The molecule has 26 heavy (non-hydrogen) atoms. The SMILES string of the molecule is CC(=O)N(CC(=O)O)C1CCCN(C(=O)CCc2ccc(Cl)cc2)CC1. The second kappa shape index (κ2) is 9.57. The van der Waals surface area contributed by atoms with Crippen LogP contribution in [0.5, 0.6) is 0 Å². The van der Waals surface area contributed by atoms with E-state index in [2.05, 4.69) is 0 Å². The van der Waals surface area contributed by atoms with Crippen LogP contribution in [0.2, 0.25) is 5.02 Å². The Kier molecular flexibility index (Phi) is 7.45. The normalized spacial score (nSPS) is 17.5. The molecule has 1 unspecified atom stereocenters. The summed E-state index contributed by atoms with van der Waals surface area (Å²) in [6.45, 7) is 2.30. The first-order chi connectivity index (χ1) is 12.4. The maximum atomic E-state index is 12.5. The number of halogens is 1. The lowest BCUT2D eigenvalue weighted by molar-refractivity contribution is -0.145. The van der Waals surface area contributed by atoms with E-state index in [-0.39, 0.29) is 24.4 Å². The van der Waals surface area contributed by atoms with Gasteiger partial charge in [-0.1, -0.05) is 23.7 Å². The highest BCUT2D eigenvalue weighted by molar-refractivity contribution is 6.30. The summed E-state index contributed by atoms with van der Waals surface area (Å²) >= 11 is 5.87. The summed E-state index contributed by atoms with van der Waals surface area (Å²) in [5.41, 5.74) is 1.07. The first-order valence-corrected chi connectivity index (χ1v) is 9.26. The summed E-state index contributed by atoms with van der Waals surface area (Å²) in [5.74, 6) is -1.16. The molecular weight excluding hydrogens is 356 g/mol. The predicted molar refractivity (Wildman–Crippen MR) is 99.0 cm³/mol. The fourth-order valence-electron chi connectivity index (χ4n) is 3.34. The summed E-state index contributed by atoms with van der Waals surface area (Å²) < 4.78 is 0. The van der Waals surface area contributed by atoms with Crippen LogP contribution in [0, 0.1) is 0 Å². The molecule has 1 N–H and O–H groups in total. The third kappa shape index (κ3) is 6.02. The average molecular weight is 381 g/mol. The van der Waals surface area contributed by atoms with E-state index >= 15 is 0 Å². The number of aliphatic carboxylic acids is 1. The van der Waals surface area contributed by atoms with Gasteiger partial charge in [0.1, 0.15) is 6.54 Å². The van der Waals surface area contributed by atoms with Gasteiger partial charge in [0.15, 0.2) is 0 Å². The quantitative estimate of drug-likeness (QED) is 0.822. The smallest absolute Gasteiger partial charge is 0.323 e. The van der Waals surface area contributed by atoms with Crippen molar-refractivity contribution in [3.8, 4) is 0 Å². The zero-order chi connectivity index (χ0) is 19.1. The van der Waals surface area contributed by atoms with Crippen LogP contribution >= 0.6 is 11.6 Å². The zero-order valence-corrected chi connectivity index (χ0v) is 15.7. The average Bonchev–Trinajstić information content (AvgIpc) is 2.84. The molecule has 1 aromatic carbocycles. The molecule has 2 rings (SSSR count). The van der Waals surface area contributed by atoms with Crippen molar-refractivity contribution < 1.29 is 19.5 Å². The van der Waals surface area contributed by atoms with E-state index in [1.807, 2.05) is 29.2 Å². The van der Waals surface area contributed by atoms with Gasteiger partial charge in [-0.25, -0.2) is 0 Å². The van der Waals surface area contributed by atoms with E-state index in [0.717, 1.165) is 12.0 Å². The van der Waals surface area contributed by atoms with Gasteiger partial charge in [-0.15, -0.1) is 0 Å². The molecule has 7 heteroatoms. The Morgan fingerprint density at radius 2 is 1.88 bits per heavy atom. The van der Waals surface area contributed by atoms with Crippen molar-refractivity contribution in [2.24, 2.45) is 0 Å². The molecule has 1 heterocycles. The number of nitrogens with zero attached hydrogens (tertiary/aromatic N) is 2. The van der Waals surface area contributed by atoms with E-state index in [1.54, 1.807) is 0 Å². The Balaban J connectivity index is 1.88. The summed E-state index contributed by atoms with van der Waals surface area (Å²) in [6, 6.07) is 7.35. The number of hydrogen-bond acceptors (Lipinski definition) is 3. The molecule has 0 aliphatic carbocycles. The molecule has 0 radical (unpaired) electrons. The number of benzene rings is 1. The third-order valence-corrected chi connectivity index (χ3v) is 4.99. The molecule has 1 atom stereocenters. The highest BCUT2D eigenvalue weighted by Gasteiger charge is 2.27. The van der Waals surface area contributed by atoms with Gasteiger partial charge in [-0.2, -0.15) is 0 Å². The van der Waals surface area contributed by atoms with Crippen LogP contribution in [0.15, 0.2) is 24.3 Å². The summed E-state index contributed by atoms with van der Waals surface area (Å²) in [4.78, 5) is 38.5. The van der Waals surface area contributed by atoms with Gasteiger partial charge in [0.05, 0.1) is 0 Å². The minimum absolute atomic E-state index is 0.0909. The Morgan fingerprint density at radius 3 is 2.50 bits per heavy atom. The molecule has 1 aliphatic heterocycles. The summed E-state index contributed by atoms with van der Waals surface area (Å²) in [7, 11) is 0. The van der Waals surface area contributed by atoms with Gasteiger partial charge in [0.25, 0.3) is 0 Å². The number of carboxylic acids is 1. The number of carbonyl (C=O) groups is 3. The molecule has 1 aliphatic rings. The van der Waals surface area contributed by atoms with Crippen LogP contribution < -0.4 is 0 Å². The lowest BCUT2D eigenvalue weighted by Crippen LogP contribution is -2.43. The molecule has 1 fully saturated rings. The number of carboxylic acid groups (broad SMARTS) is 1. The Hall–Kier alpha value is -2.08. The lowest BCUT2D eigenvalue weighted by Gasteiger charge is -2.28. The first kappa shape index (κ1) is 20.2. The molecular formula is C19H25ClN2O4. The van der Waals surface area contributed by atoms with Crippen LogP contribution in [0.3, 0.4) is 0 Å². The third-order valence-electron chi connectivity index (χ3n) is 4.74. The van der Waals surface area contributed by atoms with Gasteiger partial charge in [0, 0.05) is 37.5 Å². The van der Waals surface area contributed by atoms with Crippen LogP contribution in [0.1, 0.15) is 38.2 Å². The molecule has 1 saturated heterocycles. The van der Waals surface area contributed by atoms with Crippen molar-refractivity contribution in [3.05, 3.63) is 34.9 Å². The highest BCUT2D eigenvalue weighted by Crippen LogP contribution is 2.18. The number of aryl methyl sites for hydroxylation is 1. The van der Waals surface area contributed by atoms with Crippen molar-refractivity contribution in [3.63, 3.8) is 0 Å². The first-order valence-electron chi connectivity index (χ1n) is 8.88. The molecule has 1 aromatic rings. The number of hydrogen-bond donors (Lipinski definition) is 1. The van der Waals surface area contributed by atoms with Gasteiger partial charge in [-0.05, 0) is 43.4 Å². The van der Waals surface area contributed by atoms with Crippen LogP contribution in [0.4, 0.5) is 0 Å².